The number of alkyl carbamates (subject to hydrolysis) is 1. The van der Waals surface area contributed by atoms with Crippen molar-refractivity contribution < 1.29 is 14.3 Å². The van der Waals surface area contributed by atoms with E-state index in [2.05, 4.69) is 67.4 Å². The Kier molecular flexibility index (Phi) is 29.8. The lowest BCUT2D eigenvalue weighted by Crippen LogP contribution is -2.38. The van der Waals surface area contributed by atoms with Crippen molar-refractivity contribution in [3.8, 4) is 0 Å². The van der Waals surface area contributed by atoms with Crippen LogP contribution in [0.1, 0.15) is 162 Å². The van der Waals surface area contributed by atoms with Crippen LogP contribution >= 0.6 is 0 Å². The Labute approximate surface area is 280 Å². The fourth-order valence-corrected chi connectivity index (χ4v) is 6.08. The highest BCUT2D eigenvalue weighted by Gasteiger charge is 2.24. The van der Waals surface area contributed by atoms with E-state index in [1.54, 1.807) is 0 Å². The van der Waals surface area contributed by atoms with Crippen molar-refractivity contribution in [2.24, 2.45) is 5.92 Å². The molecule has 1 saturated heterocycles. The lowest BCUT2D eigenvalue weighted by atomic mass is 9.87. The number of nitrogens with zero attached hydrogens (tertiary/aromatic N) is 1. The summed E-state index contributed by atoms with van der Waals surface area (Å²) in [6.07, 6.45) is 40.1. The summed E-state index contributed by atoms with van der Waals surface area (Å²) in [5.41, 5.74) is 0. The molecule has 1 aliphatic rings. The summed E-state index contributed by atoms with van der Waals surface area (Å²) in [7, 11) is 0. The smallest absolute Gasteiger partial charge is 0.407 e. The number of ether oxygens (including phenoxy) is 2. The van der Waals surface area contributed by atoms with Crippen molar-refractivity contribution in [2.45, 2.75) is 168 Å². The minimum Gasteiger partial charge on any atom is -0.446 e. The summed E-state index contributed by atoms with van der Waals surface area (Å²) < 4.78 is 11.7. The molecule has 1 heterocycles. The zero-order valence-corrected chi connectivity index (χ0v) is 30.1. The van der Waals surface area contributed by atoms with Crippen LogP contribution in [0.3, 0.4) is 0 Å². The third-order valence-corrected chi connectivity index (χ3v) is 8.98. The number of allylic oxidation sites excluding steroid dienone is 6. The quantitative estimate of drug-likeness (QED) is 0.0634. The molecule has 1 fully saturated rings. The first-order valence-corrected chi connectivity index (χ1v) is 19.4. The van der Waals surface area contributed by atoms with Gasteiger partial charge in [-0.05, 0) is 115 Å². The SMILES string of the molecule is CCCCC/C=C\CCCC(CCC/C=C\CCCCC)C(CCC/C=C\CCCCC)OC(=O)NCCCN1CCOCC1. The zero-order chi connectivity index (χ0) is 32.5. The van der Waals surface area contributed by atoms with Crippen LogP contribution in [0, 0.1) is 5.92 Å². The lowest BCUT2D eigenvalue weighted by molar-refractivity contribution is 0.0361. The molecule has 1 rings (SSSR count). The number of carbonyl (C=O) groups is 1. The maximum atomic E-state index is 13.0. The molecule has 0 aromatic carbocycles. The number of hydrogen-bond acceptors (Lipinski definition) is 4. The van der Waals surface area contributed by atoms with Gasteiger partial charge in [-0.3, -0.25) is 4.90 Å². The van der Waals surface area contributed by atoms with Crippen molar-refractivity contribution in [3.05, 3.63) is 36.5 Å². The van der Waals surface area contributed by atoms with Crippen LogP contribution in [-0.2, 0) is 9.47 Å². The highest BCUT2D eigenvalue weighted by Crippen LogP contribution is 2.27. The third kappa shape index (κ3) is 26.2. The van der Waals surface area contributed by atoms with Gasteiger partial charge in [-0.1, -0.05) is 95.8 Å². The standard InChI is InChI=1S/C40H74N2O3/c1-4-7-10-13-16-19-22-25-29-38(30-26-23-20-17-14-11-8-5-2)39(31-27-24-21-18-15-12-9-6-3)45-40(43)41-32-28-33-42-34-36-44-37-35-42/h16-21,38-39H,4-15,22-37H2,1-3H3,(H,41,43)/b19-16-,20-17-,21-18-. The van der Waals surface area contributed by atoms with E-state index in [1.165, 1.54) is 89.9 Å². The second kappa shape index (κ2) is 32.4. The summed E-state index contributed by atoms with van der Waals surface area (Å²) in [5, 5.41) is 3.08. The number of carbonyl (C=O) groups excluding carboxylic acids is 1. The topological polar surface area (TPSA) is 50.8 Å². The predicted molar refractivity (Wildman–Crippen MR) is 195 cm³/mol. The summed E-state index contributed by atoms with van der Waals surface area (Å²) >= 11 is 0. The van der Waals surface area contributed by atoms with Gasteiger partial charge in [0.1, 0.15) is 6.10 Å². The van der Waals surface area contributed by atoms with E-state index in [-0.39, 0.29) is 12.2 Å². The zero-order valence-electron chi connectivity index (χ0n) is 30.1. The Morgan fingerprint density at radius 1 is 0.644 bits per heavy atom. The Balaban J connectivity index is 2.71. The van der Waals surface area contributed by atoms with Gasteiger partial charge in [0, 0.05) is 19.6 Å². The van der Waals surface area contributed by atoms with E-state index in [4.69, 9.17) is 9.47 Å². The molecule has 0 radical (unpaired) electrons. The van der Waals surface area contributed by atoms with Gasteiger partial charge in [0.15, 0.2) is 0 Å². The first-order valence-electron chi connectivity index (χ1n) is 19.4. The van der Waals surface area contributed by atoms with E-state index in [9.17, 15) is 4.79 Å². The number of rotatable bonds is 30. The Hall–Kier alpha value is -1.59. The molecule has 0 aliphatic carbocycles. The first kappa shape index (κ1) is 41.4. The first-order chi connectivity index (χ1) is 22.2. The van der Waals surface area contributed by atoms with E-state index in [0.29, 0.717) is 12.5 Å². The molecule has 1 atom stereocenters. The molecule has 1 aliphatic heterocycles. The summed E-state index contributed by atoms with van der Waals surface area (Å²) in [5.74, 6) is 0.416. The van der Waals surface area contributed by atoms with Crippen LogP contribution in [-0.4, -0.2) is 56.5 Å². The van der Waals surface area contributed by atoms with Crippen LogP contribution in [0.5, 0.6) is 0 Å². The fourth-order valence-electron chi connectivity index (χ4n) is 6.08. The van der Waals surface area contributed by atoms with Crippen molar-refractivity contribution in [1.29, 1.82) is 0 Å². The molecule has 0 aromatic heterocycles. The highest BCUT2D eigenvalue weighted by molar-refractivity contribution is 5.67. The van der Waals surface area contributed by atoms with Crippen LogP contribution < -0.4 is 5.32 Å². The molecule has 1 unspecified atom stereocenters. The van der Waals surface area contributed by atoms with E-state index in [0.717, 1.165) is 84.2 Å². The van der Waals surface area contributed by atoms with Gasteiger partial charge < -0.3 is 14.8 Å². The molecule has 0 spiro atoms. The summed E-state index contributed by atoms with van der Waals surface area (Å²) in [4.78, 5) is 15.5. The largest absolute Gasteiger partial charge is 0.446 e. The molecule has 262 valence electrons. The van der Waals surface area contributed by atoms with Gasteiger partial charge in [0.05, 0.1) is 13.2 Å². The number of amides is 1. The molecule has 0 aromatic rings. The van der Waals surface area contributed by atoms with Crippen molar-refractivity contribution >= 4 is 6.09 Å². The van der Waals surface area contributed by atoms with Crippen molar-refractivity contribution in [1.82, 2.24) is 10.2 Å². The Morgan fingerprint density at radius 3 is 1.56 bits per heavy atom. The van der Waals surface area contributed by atoms with E-state index >= 15 is 0 Å². The average molecular weight is 631 g/mol. The average Bonchev–Trinajstić information content (AvgIpc) is 3.05. The van der Waals surface area contributed by atoms with E-state index in [1.807, 2.05) is 0 Å². The molecular formula is C40H74N2O3. The molecule has 5 nitrogen and oxygen atoms in total. The van der Waals surface area contributed by atoms with Gasteiger partial charge >= 0.3 is 6.09 Å². The number of nitrogens with one attached hydrogen (secondary N) is 1. The van der Waals surface area contributed by atoms with Crippen LogP contribution in [0.4, 0.5) is 4.79 Å². The van der Waals surface area contributed by atoms with Gasteiger partial charge in [0.25, 0.3) is 0 Å². The molecule has 45 heavy (non-hydrogen) atoms. The van der Waals surface area contributed by atoms with Gasteiger partial charge in [-0.25, -0.2) is 4.79 Å². The maximum absolute atomic E-state index is 13.0. The molecule has 1 N–H and O–H groups in total. The lowest BCUT2D eigenvalue weighted by Gasteiger charge is -2.28. The summed E-state index contributed by atoms with van der Waals surface area (Å²) in [6.45, 7) is 12.1. The van der Waals surface area contributed by atoms with Crippen LogP contribution in [0.15, 0.2) is 36.5 Å². The minimum atomic E-state index is -0.228. The van der Waals surface area contributed by atoms with Crippen LogP contribution in [0.25, 0.3) is 0 Å². The highest BCUT2D eigenvalue weighted by atomic mass is 16.6. The second-order valence-electron chi connectivity index (χ2n) is 13.1. The minimum absolute atomic E-state index is 0.0141. The molecule has 0 bridgehead atoms. The van der Waals surface area contributed by atoms with Crippen LogP contribution in [0.2, 0.25) is 0 Å². The molecule has 1 amide bonds. The van der Waals surface area contributed by atoms with Crippen molar-refractivity contribution in [2.75, 3.05) is 39.4 Å². The van der Waals surface area contributed by atoms with Gasteiger partial charge in [-0.15, -0.1) is 0 Å². The monoisotopic (exact) mass is 631 g/mol. The molecule has 5 heteroatoms. The normalized spacial score (nSPS) is 15.2. The molecular weight excluding hydrogens is 556 g/mol. The van der Waals surface area contributed by atoms with Gasteiger partial charge in [-0.2, -0.15) is 0 Å². The summed E-state index contributed by atoms with van der Waals surface area (Å²) in [6, 6.07) is 0. The van der Waals surface area contributed by atoms with Gasteiger partial charge in [0.2, 0.25) is 0 Å². The predicted octanol–water partition coefficient (Wildman–Crippen LogP) is 11.3. The number of unbranched alkanes of at least 4 members (excludes halogenated alkanes) is 12. The Bertz CT molecular complexity index is 703. The number of morpholine rings is 1. The van der Waals surface area contributed by atoms with E-state index < -0.39 is 0 Å². The van der Waals surface area contributed by atoms with Crippen molar-refractivity contribution in [3.63, 3.8) is 0 Å². The number of hydrogen-bond donors (Lipinski definition) is 1. The fraction of sp³-hybridized carbons (Fsp3) is 0.825. The second-order valence-corrected chi connectivity index (χ2v) is 13.1. The Morgan fingerprint density at radius 2 is 1.09 bits per heavy atom. The molecule has 0 saturated carbocycles. The maximum Gasteiger partial charge on any atom is 0.407 e. The third-order valence-electron chi connectivity index (χ3n) is 8.98.